The van der Waals surface area contributed by atoms with Crippen LogP contribution in [0.3, 0.4) is 0 Å². The molecule has 1 aliphatic heterocycles. The van der Waals surface area contributed by atoms with E-state index < -0.39 is 0 Å². The van der Waals surface area contributed by atoms with E-state index in [-0.39, 0.29) is 23.6 Å². The van der Waals surface area contributed by atoms with Crippen LogP contribution in [0.15, 0.2) is 54.0 Å². The second-order valence-electron chi connectivity index (χ2n) is 7.70. The third kappa shape index (κ3) is 4.88. The second-order valence-corrected chi connectivity index (χ2v) is 8.31. The number of carbonyl (C=O) groups is 1. The number of hydrogen-bond donors (Lipinski definition) is 0. The molecule has 2 atom stereocenters. The van der Waals surface area contributed by atoms with E-state index >= 15 is 0 Å². The lowest BCUT2D eigenvalue weighted by Crippen LogP contribution is -2.38. The second kappa shape index (κ2) is 9.40. The number of amides is 1. The Morgan fingerprint density at radius 3 is 2.70 bits per heavy atom. The van der Waals surface area contributed by atoms with Crippen LogP contribution in [0.5, 0.6) is 0 Å². The largest absolute Gasteiger partial charge is 0.340 e. The molecule has 0 radical (unpaired) electrons. The van der Waals surface area contributed by atoms with Gasteiger partial charge in [-0.05, 0) is 48.4 Å². The first-order valence-electron chi connectivity index (χ1n) is 9.99. The summed E-state index contributed by atoms with van der Waals surface area (Å²) < 4.78 is 17.4. The Morgan fingerprint density at radius 1 is 1.20 bits per heavy atom. The molecule has 8 heteroatoms. The van der Waals surface area contributed by atoms with Crippen LogP contribution >= 0.6 is 11.5 Å². The maximum atomic E-state index is 13.4. The van der Waals surface area contributed by atoms with Crippen molar-refractivity contribution in [1.82, 2.24) is 24.4 Å². The van der Waals surface area contributed by atoms with Gasteiger partial charge < -0.3 is 4.90 Å². The first kappa shape index (κ1) is 20.6. The van der Waals surface area contributed by atoms with E-state index in [4.69, 9.17) is 0 Å². The molecule has 0 aliphatic carbocycles. The van der Waals surface area contributed by atoms with Crippen molar-refractivity contribution in [3.05, 3.63) is 76.8 Å². The van der Waals surface area contributed by atoms with Crippen LogP contribution in [0, 0.1) is 5.82 Å². The van der Waals surface area contributed by atoms with E-state index in [1.54, 1.807) is 18.3 Å². The predicted octanol–water partition coefficient (Wildman–Crippen LogP) is 2.96. The van der Waals surface area contributed by atoms with E-state index in [2.05, 4.69) is 14.6 Å². The van der Waals surface area contributed by atoms with E-state index in [1.807, 2.05) is 40.4 Å². The topological polar surface area (TPSA) is 62.2 Å². The number of hydrogen-bond acceptors (Lipinski definition) is 6. The zero-order chi connectivity index (χ0) is 20.9. The lowest BCUT2D eigenvalue weighted by Gasteiger charge is -2.21. The standard InChI is InChI=1S/C22H24FN5OS/c1-27(11-9-18-4-2-3-10-24-18)14-22(29)28-12-19(16-5-7-17(23)8-6-16)20(13-28)21-15-30-26-25-21/h2-8,10,15,19-20H,9,11-14H2,1H3/t19-,20+/m0/s1. The van der Waals surface area contributed by atoms with Crippen molar-refractivity contribution in [2.24, 2.45) is 0 Å². The first-order valence-corrected chi connectivity index (χ1v) is 10.8. The highest BCUT2D eigenvalue weighted by atomic mass is 32.1. The van der Waals surface area contributed by atoms with Crippen molar-refractivity contribution in [2.45, 2.75) is 18.3 Å². The zero-order valence-corrected chi connectivity index (χ0v) is 17.6. The fourth-order valence-electron chi connectivity index (χ4n) is 3.95. The van der Waals surface area contributed by atoms with Gasteiger partial charge in [-0.2, -0.15) is 0 Å². The van der Waals surface area contributed by atoms with Crippen LogP contribution in [0.2, 0.25) is 0 Å². The molecule has 0 bridgehead atoms. The summed E-state index contributed by atoms with van der Waals surface area (Å²) in [5.41, 5.74) is 2.94. The van der Waals surface area contributed by atoms with Gasteiger partial charge in [0.15, 0.2) is 0 Å². The van der Waals surface area contributed by atoms with Crippen molar-refractivity contribution in [3.8, 4) is 0 Å². The fourth-order valence-corrected chi connectivity index (χ4v) is 4.47. The van der Waals surface area contributed by atoms with Gasteiger partial charge in [-0.1, -0.05) is 22.7 Å². The molecule has 0 spiro atoms. The highest BCUT2D eigenvalue weighted by Gasteiger charge is 2.38. The summed E-state index contributed by atoms with van der Waals surface area (Å²) in [5.74, 6) is -0.0170. The van der Waals surface area contributed by atoms with E-state index in [0.29, 0.717) is 19.6 Å². The van der Waals surface area contributed by atoms with Crippen molar-refractivity contribution < 1.29 is 9.18 Å². The smallest absolute Gasteiger partial charge is 0.236 e. The monoisotopic (exact) mass is 425 g/mol. The molecule has 30 heavy (non-hydrogen) atoms. The minimum Gasteiger partial charge on any atom is -0.340 e. The number of carbonyl (C=O) groups excluding carboxylic acids is 1. The van der Waals surface area contributed by atoms with Gasteiger partial charge in [-0.3, -0.25) is 14.7 Å². The Kier molecular flexibility index (Phi) is 6.44. The molecule has 1 amide bonds. The van der Waals surface area contributed by atoms with Crippen molar-refractivity contribution in [2.75, 3.05) is 33.2 Å². The number of likely N-dealkylation sites (N-methyl/N-ethyl adjacent to an activating group) is 1. The summed E-state index contributed by atoms with van der Waals surface area (Å²) in [6, 6.07) is 12.4. The van der Waals surface area contributed by atoms with Gasteiger partial charge in [-0.25, -0.2) is 4.39 Å². The summed E-state index contributed by atoms with van der Waals surface area (Å²) in [6.07, 6.45) is 2.59. The first-order chi connectivity index (χ1) is 14.6. The normalized spacial score (nSPS) is 18.8. The van der Waals surface area contributed by atoms with Gasteiger partial charge in [0, 0.05) is 55.2 Å². The SMILES string of the molecule is CN(CCc1ccccn1)CC(=O)N1C[C@@H](c2ccc(F)cc2)[C@H](c2csnn2)C1. The summed E-state index contributed by atoms with van der Waals surface area (Å²) in [7, 11) is 1.95. The van der Waals surface area contributed by atoms with Crippen molar-refractivity contribution >= 4 is 17.4 Å². The molecule has 1 saturated heterocycles. The summed E-state index contributed by atoms with van der Waals surface area (Å²) >= 11 is 1.31. The summed E-state index contributed by atoms with van der Waals surface area (Å²) in [6.45, 7) is 2.31. The van der Waals surface area contributed by atoms with Crippen LogP contribution in [-0.4, -0.2) is 63.5 Å². The Bertz CT molecular complexity index is 951. The van der Waals surface area contributed by atoms with E-state index in [9.17, 15) is 9.18 Å². The summed E-state index contributed by atoms with van der Waals surface area (Å²) in [5, 5.41) is 6.19. The molecule has 2 aromatic heterocycles. The molecule has 0 unspecified atom stereocenters. The van der Waals surface area contributed by atoms with E-state index in [1.165, 1.54) is 23.7 Å². The zero-order valence-electron chi connectivity index (χ0n) is 16.8. The van der Waals surface area contributed by atoms with Crippen LogP contribution in [0.4, 0.5) is 4.39 Å². The average molecular weight is 426 g/mol. The van der Waals surface area contributed by atoms with Gasteiger partial charge >= 0.3 is 0 Å². The predicted molar refractivity (Wildman–Crippen MR) is 114 cm³/mol. The highest BCUT2D eigenvalue weighted by molar-refractivity contribution is 7.03. The number of nitrogens with zero attached hydrogens (tertiary/aromatic N) is 5. The number of aromatic nitrogens is 3. The van der Waals surface area contributed by atoms with Gasteiger partial charge in [0.25, 0.3) is 0 Å². The molecule has 6 nitrogen and oxygen atoms in total. The lowest BCUT2D eigenvalue weighted by atomic mass is 9.87. The number of rotatable bonds is 7. The summed E-state index contributed by atoms with van der Waals surface area (Å²) in [4.78, 5) is 21.3. The minimum absolute atomic E-state index is 0.0667. The van der Waals surface area contributed by atoms with Crippen molar-refractivity contribution in [1.29, 1.82) is 0 Å². The van der Waals surface area contributed by atoms with Crippen molar-refractivity contribution in [3.63, 3.8) is 0 Å². The minimum atomic E-state index is -0.258. The maximum Gasteiger partial charge on any atom is 0.236 e. The molecule has 3 heterocycles. The quantitative estimate of drug-likeness (QED) is 0.582. The Balaban J connectivity index is 1.41. The van der Waals surface area contributed by atoms with Gasteiger partial charge in [-0.15, -0.1) is 5.10 Å². The van der Waals surface area contributed by atoms with Gasteiger partial charge in [0.2, 0.25) is 5.91 Å². The number of benzene rings is 1. The maximum absolute atomic E-state index is 13.4. The van der Waals surface area contributed by atoms with Crippen LogP contribution in [-0.2, 0) is 11.2 Å². The number of pyridine rings is 1. The highest BCUT2D eigenvalue weighted by Crippen LogP contribution is 2.39. The molecule has 1 aromatic carbocycles. The fraction of sp³-hybridized carbons (Fsp3) is 0.364. The molecule has 1 fully saturated rings. The molecular weight excluding hydrogens is 401 g/mol. The molecule has 156 valence electrons. The Hall–Kier alpha value is -2.71. The van der Waals surface area contributed by atoms with Gasteiger partial charge in [0.05, 0.1) is 12.2 Å². The molecule has 0 saturated carbocycles. The molecular formula is C22H24FN5OS. The third-order valence-electron chi connectivity index (χ3n) is 5.61. The molecule has 3 aromatic rings. The third-order valence-corrected chi connectivity index (χ3v) is 6.13. The van der Waals surface area contributed by atoms with Crippen LogP contribution in [0.25, 0.3) is 0 Å². The molecule has 0 N–H and O–H groups in total. The van der Waals surface area contributed by atoms with Gasteiger partial charge in [0.1, 0.15) is 5.82 Å². The molecule has 1 aliphatic rings. The van der Waals surface area contributed by atoms with Crippen LogP contribution in [0.1, 0.15) is 28.8 Å². The lowest BCUT2D eigenvalue weighted by molar-refractivity contribution is -0.131. The number of halogens is 1. The average Bonchev–Trinajstić information content (AvgIpc) is 3.43. The molecule has 4 rings (SSSR count). The Labute approximate surface area is 179 Å². The number of likely N-dealkylation sites (tertiary alicyclic amines) is 1. The Morgan fingerprint density at radius 2 is 2.00 bits per heavy atom. The van der Waals surface area contributed by atoms with E-state index in [0.717, 1.165) is 29.9 Å². The van der Waals surface area contributed by atoms with Crippen LogP contribution < -0.4 is 0 Å².